The summed E-state index contributed by atoms with van der Waals surface area (Å²) in [6.07, 6.45) is 2.30. The SMILES string of the molecule is CCC(C)c1ccc2c(c1)CC(c1cc(C)ccc1C)N2. The first-order chi connectivity index (χ1) is 10.1. The van der Waals surface area contributed by atoms with Gasteiger partial charge in [0, 0.05) is 5.69 Å². The van der Waals surface area contributed by atoms with Crippen molar-refractivity contribution in [1.29, 1.82) is 0 Å². The molecule has 1 aliphatic rings. The molecule has 2 unspecified atom stereocenters. The first kappa shape index (κ1) is 14.2. The van der Waals surface area contributed by atoms with E-state index < -0.39 is 0 Å². The maximum Gasteiger partial charge on any atom is 0.0557 e. The quantitative estimate of drug-likeness (QED) is 0.779. The maximum atomic E-state index is 3.70. The topological polar surface area (TPSA) is 12.0 Å². The highest BCUT2D eigenvalue weighted by molar-refractivity contribution is 5.60. The predicted molar refractivity (Wildman–Crippen MR) is 91.1 cm³/mol. The molecule has 0 aromatic heterocycles. The second kappa shape index (κ2) is 5.55. The van der Waals surface area contributed by atoms with Crippen molar-refractivity contribution in [2.75, 3.05) is 5.32 Å². The van der Waals surface area contributed by atoms with E-state index in [1.54, 1.807) is 0 Å². The number of benzene rings is 2. The van der Waals surface area contributed by atoms with Crippen LogP contribution in [0.15, 0.2) is 36.4 Å². The minimum absolute atomic E-state index is 0.423. The molecule has 0 fully saturated rings. The van der Waals surface area contributed by atoms with Crippen LogP contribution in [0.5, 0.6) is 0 Å². The largest absolute Gasteiger partial charge is 0.378 e. The minimum atomic E-state index is 0.423. The first-order valence-corrected chi connectivity index (χ1v) is 8.05. The van der Waals surface area contributed by atoms with E-state index in [0.717, 1.165) is 6.42 Å². The Hall–Kier alpha value is -1.76. The van der Waals surface area contributed by atoms with Crippen molar-refractivity contribution >= 4 is 5.69 Å². The van der Waals surface area contributed by atoms with Gasteiger partial charge in [-0.25, -0.2) is 0 Å². The standard InChI is InChI=1S/C20H25N/c1-5-14(3)16-8-9-19-17(11-16)12-20(21-19)18-10-13(2)6-7-15(18)4/h6-11,14,20-21H,5,12H2,1-4H3. The third-order valence-corrected chi connectivity index (χ3v) is 4.87. The van der Waals surface area contributed by atoms with E-state index in [2.05, 4.69) is 69.4 Å². The highest BCUT2D eigenvalue weighted by Crippen LogP contribution is 2.37. The summed E-state index contributed by atoms with van der Waals surface area (Å²) in [6.45, 7) is 8.96. The minimum Gasteiger partial charge on any atom is -0.378 e. The number of rotatable bonds is 3. The van der Waals surface area contributed by atoms with Gasteiger partial charge in [0.25, 0.3) is 0 Å². The van der Waals surface area contributed by atoms with Crippen LogP contribution < -0.4 is 5.32 Å². The molecule has 2 atom stereocenters. The molecule has 0 bridgehead atoms. The van der Waals surface area contributed by atoms with Crippen LogP contribution in [0.3, 0.4) is 0 Å². The van der Waals surface area contributed by atoms with Gasteiger partial charge in [-0.15, -0.1) is 0 Å². The molecule has 110 valence electrons. The summed E-state index contributed by atoms with van der Waals surface area (Å²) in [5.41, 5.74) is 8.42. The molecule has 21 heavy (non-hydrogen) atoms. The van der Waals surface area contributed by atoms with Gasteiger partial charge in [-0.05, 0) is 60.9 Å². The zero-order chi connectivity index (χ0) is 15.0. The number of aryl methyl sites for hydroxylation is 2. The fraction of sp³-hybridized carbons (Fsp3) is 0.400. The number of anilines is 1. The monoisotopic (exact) mass is 279 g/mol. The fourth-order valence-electron chi connectivity index (χ4n) is 3.25. The lowest BCUT2D eigenvalue weighted by Gasteiger charge is -2.15. The second-order valence-corrected chi connectivity index (χ2v) is 6.49. The van der Waals surface area contributed by atoms with Crippen molar-refractivity contribution in [1.82, 2.24) is 0 Å². The van der Waals surface area contributed by atoms with Gasteiger partial charge in [-0.1, -0.05) is 49.7 Å². The molecule has 1 nitrogen and oxygen atoms in total. The van der Waals surface area contributed by atoms with Crippen molar-refractivity contribution in [3.05, 3.63) is 64.2 Å². The Morgan fingerprint density at radius 1 is 1.14 bits per heavy atom. The summed E-state index contributed by atoms with van der Waals surface area (Å²) < 4.78 is 0. The van der Waals surface area contributed by atoms with Gasteiger partial charge in [0.2, 0.25) is 0 Å². The summed E-state index contributed by atoms with van der Waals surface area (Å²) in [4.78, 5) is 0. The lowest BCUT2D eigenvalue weighted by Crippen LogP contribution is -2.07. The molecule has 0 aliphatic carbocycles. The zero-order valence-corrected chi connectivity index (χ0v) is 13.5. The van der Waals surface area contributed by atoms with Crippen LogP contribution in [0.4, 0.5) is 5.69 Å². The molecular weight excluding hydrogens is 254 g/mol. The van der Waals surface area contributed by atoms with Crippen LogP contribution in [-0.4, -0.2) is 0 Å². The van der Waals surface area contributed by atoms with Crippen molar-refractivity contribution in [2.45, 2.75) is 52.5 Å². The molecule has 0 radical (unpaired) electrons. The number of fused-ring (bicyclic) bond motifs is 1. The lowest BCUT2D eigenvalue weighted by molar-refractivity contribution is 0.731. The van der Waals surface area contributed by atoms with E-state index in [4.69, 9.17) is 0 Å². The zero-order valence-electron chi connectivity index (χ0n) is 13.5. The van der Waals surface area contributed by atoms with Crippen LogP contribution >= 0.6 is 0 Å². The summed E-state index contributed by atoms with van der Waals surface area (Å²) in [7, 11) is 0. The summed E-state index contributed by atoms with van der Waals surface area (Å²) in [5.74, 6) is 0.648. The average molecular weight is 279 g/mol. The molecule has 1 N–H and O–H groups in total. The molecular formula is C20H25N. The van der Waals surface area contributed by atoms with Gasteiger partial charge in [0.15, 0.2) is 0 Å². The summed E-state index contributed by atoms with van der Waals surface area (Å²) in [6, 6.07) is 14.1. The molecule has 3 rings (SSSR count). The second-order valence-electron chi connectivity index (χ2n) is 6.49. The van der Waals surface area contributed by atoms with Gasteiger partial charge >= 0.3 is 0 Å². The van der Waals surface area contributed by atoms with Crippen molar-refractivity contribution < 1.29 is 0 Å². The van der Waals surface area contributed by atoms with Gasteiger partial charge in [0.05, 0.1) is 6.04 Å². The first-order valence-electron chi connectivity index (χ1n) is 8.05. The Labute approximate surface area is 128 Å². The van der Waals surface area contributed by atoms with Crippen LogP contribution in [0.25, 0.3) is 0 Å². The van der Waals surface area contributed by atoms with Gasteiger partial charge in [-0.3, -0.25) is 0 Å². The Morgan fingerprint density at radius 3 is 2.71 bits per heavy atom. The van der Waals surface area contributed by atoms with Crippen molar-refractivity contribution in [3.63, 3.8) is 0 Å². The van der Waals surface area contributed by atoms with E-state index in [9.17, 15) is 0 Å². The van der Waals surface area contributed by atoms with E-state index in [1.165, 1.54) is 39.9 Å². The van der Waals surface area contributed by atoms with Crippen LogP contribution in [0.2, 0.25) is 0 Å². The van der Waals surface area contributed by atoms with Crippen molar-refractivity contribution in [2.24, 2.45) is 0 Å². The number of hydrogen-bond donors (Lipinski definition) is 1. The highest BCUT2D eigenvalue weighted by Gasteiger charge is 2.23. The molecule has 0 spiro atoms. The van der Waals surface area contributed by atoms with Crippen LogP contribution in [-0.2, 0) is 6.42 Å². The average Bonchev–Trinajstić information content (AvgIpc) is 2.91. The molecule has 1 aliphatic heterocycles. The molecule has 0 saturated heterocycles. The van der Waals surface area contributed by atoms with E-state index in [-0.39, 0.29) is 0 Å². The van der Waals surface area contributed by atoms with E-state index in [1.807, 2.05) is 0 Å². The van der Waals surface area contributed by atoms with E-state index in [0.29, 0.717) is 12.0 Å². The molecule has 0 saturated carbocycles. The number of hydrogen-bond acceptors (Lipinski definition) is 1. The van der Waals surface area contributed by atoms with Gasteiger partial charge in [-0.2, -0.15) is 0 Å². The smallest absolute Gasteiger partial charge is 0.0557 e. The van der Waals surface area contributed by atoms with Crippen molar-refractivity contribution in [3.8, 4) is 0 Å². The van der Waals surface area contributed by atoms with Crippen LogP contribution in [0.1, 0.15) is 60.0 Å². The van der Waals surface area contributed by atoms with Gasteiger partial charge < -0.3 is 5.32 Å². The van der Waals surface area contributed by atoms with Crippen LogP contribution in [0, 0.1) is 13.8 Å². The Balaban J connectivity index is 1.89. The Morgan fingerprint density at radius 2 is 1.95 bits per heavy atom. The Bertz CT molecular complexity index is 657. The molecule has 1 heterocycles. The third-order valence-electron chi connectivity index (χ3n) is 4.87. The summed E-state index contributed by atoms with van der Waals surface area (Å²) in [5, 5.41) is 3.70. The number of nitrogens with one attached hydrogen (secondary N) is 1. The molecule has 1 heteroatoms. The third kappa shape index (κ3) is 2.70. The predicted octanol–water partition coefficient (Wildman–Crippen LogP) is 5.53. The molecule has 0 amide bonds. The van der Waals surface area contributed by atoms with E-state index >= 15 is 0 Å². The summed E-state index contributed by atoms with van der Waals surface area (Å²) >= 11 is 0. The van der Waals surface area contributed by atoms with Gasteiger partial charge in [0.1, 0.15) is 0 Å². The normalized spacial score (nSPS) is 18.2. The highest BCUT2D eigenvalue weighted by atomic mass is 14.9. The fourth-order valence-corrected chi connectivity index (χ4v) is 3.25. The lowest BCUT2D eigenvalue weighted by atomic mass is 9.94. The molecule has 2 aromatic rings. The molecule has 2 aromatic carbocycles. The maximum absolute atomic E-state index is 3.70. The Kier molecular flexibility index (Phi) is 3.75.